The Hall–Kier alpha value is -2.89. The first kappa shape index (κ1) is 25.7. The molecule has 3 aliphatic rings. The first-order valence-electron chi connectivity index (χ1n) is 11.9. The lowest BCUT2D eigenvalue weighted by atomic mass is 9.91. The van der Waals surface area contributed by atoms with E-state index in [1.54, 1.807) is 0 Å². The molecule has 2 aromatic rings. The molecule has 5 rings (SSSR count). The van der Waals surface area contributed by atoms with E-state index in [2.05, 4.69) is 36.5 Å². The van der Waals surface area contributed by atoms with Gasteiger partial charge in [-0.1, -0.05) is 0 Å². The van der Waals surface area contributed by atoms with Gasteiger partial charge in [-0.15, -0.1) is 25.2 Å². The zero-order valence-electron chi connectivity index (χ0n) is 19.8. The molecule has 2 fully saturated rings. The summed E-state index contributed by atoms with van der Waals surface area (Å²) < 4.78 is 44.5. The minimum absolute atomic E-state index is 0.183. The highest BCUT2D eigenvalue weighted by molar-refractivity contribution is 7.17. The summed E-state index contributed by atoms with van der Waals surface area (Å²) in [6.45, 7) is 0.576. The number of rotatable bonds is 9. The lowest BCUT2D eigenvalue weighted by molar-refractivity contribution is -0.117. The quantitative estimate of drug-likeness (QED) is 0.351. The molecular formula is C23H24ClF3N6O3S. The molecule has 2 saturated carbocycles. The molecule has 0 spiro atoms. The molecule has 3 atom stereocenters. The van der Waals surface area contributed by atoms with Crippen LogP contribution in [-0.4, -0.2) is 51.9 Å². The maximum Gasteiger partial charge on any atom is 0.488 e. The van der Waals surface area contributed by atoms with Crippen molar-refractivity contribution in [2.75, 3.05) is 11.9 Å². The fraction of sp³-hybridized carbons (Fsp3) is 0.565. The molecule has 9 nitrogen and oxygen atoms in total. The summed E-state index contributed by atoms with van der Waals surface area (Å²) in [4.78, 5) is 34.9. The van der Waals surface area contributed by atoms with Crippen LogP contribution in [0.4, 0.5) is 24.0 Å². The van der Waals surface area contributed by atoms with E-state index in [1.165, 1.54) is 29.1 Å². The van der Waals surface area contributed by atoms with Crippen molar-refractivity contribution in [2.45, 2.75) is 56.3 Å². The molecule has 0 unspecified atom stereocenters. The molecular weight excluding hydrogens is 533 g/mol. The van der Waals surface area contributed by atoms with Crippen molar-refractivity contribution >= 4 is 51.6 Å². The molecule has 0 aliphatic heterocycles. The number of fused-ring (bicyclic) bond motifs is 1. The Morgan fingerprint density at radius 1 is 1.38 bits per heavy atom. The number of nitrogens with one attached hydrogen (secondary N) is 2. The number of aromatic nitrogens is 2. The van der Waals surface area contributed by atoms with Crippen LogP contribution in [0.5, 0.6) is 5.88 Å². The number of aliphatic imine (C=N–C) groups is 2. The van der Waals surface area contributed by atoms with E-state index in [9.17, 15) is 22.8 Å². The zero-order valence-corrected chi connectivity index (χ0v) is 21.3. The van der Waals surface area contributed by atoms with Gasteiger partial charge in [-0.2, -0.15) is 4.99 Å². The first-order valence-corrected chi connectivity index (χ1v) is 13.1. The van der Waals surface area contributed by atoms with Gasteiger partial charge in [-0.05, 0) is 50.0 Å². The standard InChI is InChI=1S/C23H24ClF3N6O3S/c1-33-17(8-18(32-33)36-23(24,26)27)30-10-29-12-4-5-16-14(6-12)19(21(35)28-9-11-2-3-11)22(37-16)31-20(34)13-7-15(13)25/h8,11-13,15H,2-7,9H2,1H3,(H,28,35)(H,31,34)/t12-,13-,15+/m0/s1. The molecule has 2 N–H and O–H groups in total. The van der Waals surface area contributed by atoms with Crippen molar-refractivity contribution < 1.29 is 27.5 Å². The summed E-state index contributed by atoms with van der Waals surface area (Å²) >= 11 is 6.12. The van der Waals surface area contributed by atoms with Crippen molar-refractivity contribution in [3.05, 3.63) is 22.1 Å². The van der Waals surface area contributed by atoms with Crippen molar-refractivity contribution in [3.63, 3.8) is 0 Å². The summed E-state index contributed by atoms with van der Waals surface area (Å²) in [6, 6.07) is 3.53. The van der Waals surface area contributed by atoms with Crippen LogP contribution < -0.4 is 15.4 Å². The summed E-state index contributed by atoms with van der Waals surface area (Å²) in [5.41, 5.74) is -2.67. The second-order valence-corrected chi connectivity index (χ2v) is 11.0. The Morgan fingerprint density at radius 3 is 2.81 bits per heavy atom. The van der Waals surface area contributed by atoms with Crippen LogP contribution in [0.3, 0.4) is 0 Å². The van der Waals surface area contributed by atoms with Gasteiger partial charge in [0.05, 0.1) is 23.5 Å². The monoisotopic (exact) mass is 556 g/mol. The van der Waals surface area contributed by atoms with E-state index in [-0.39, 0.29) is 24.2 Å². The number of carbonyl (C=O) groups is 2. The Morgan fingerprint density at radius 2 is 2.14 bits per heavy atom. The van der Waals surface area contributed by atoms with Crippen LogP contribution >= 0.6 is 22.9 Å². The zero-order chi connectivity index (χ0) is 26.3. The molecule has 2 amide bonds. The first-order chi connectivity index (χ1) is 17.6. The van der Waals surface area contributed by atoms with Crippen LogP contribution in [0.25, 0.3) is 0 Å². The third-order valence-electron chi connectivity index (χ3n) is 6.45. The van der Waals surface area contributed by atoms with Gasteiger partial charge in [-0.25, -0.2) is 14.1 Å². The third kappa shape index (κ3) is 6.34. The Bertz CT molecular complexity index is 1280. The molecule has 37 heavy (non-hydrogen) atoms. The normalized spacial score (nSPS) is 22.5. The SMILES string of the molecule is Cn1nc(OC(F)(F)Cl)cc1N=C=N[C@H]1CCc2sc(NC(=O)[C@H]3C[C@H]3F)c(C(=O)NCC3CC3)c2C1. The number of nitrogens with zero attached hydrogens (tertiary/aromatic N) is 4. The van der Waals surface area contributed by atoms with Crippen LogP contribution in [-0.2, 0) is 24.7 Å². The van der Waals surface area contributed by atoms with Gasteiger partial charge in [-0.3, -0.25) is 9.59 Å². The number of aryl methyl sites for hydroxylation is 2. The number of carbonyl (C=O) groups excluding carboxylic acids is 2. The maximum atomic E-state index is 13.4. The second-order valence-electron chi connectivity index (χ2n) is 9.46. The smallest absolute Gasteiger partial charge is 0.400 e. The van der Waals surface area contributed by atoms with E-state index in [0.717, 1.165) is 23.3 Å². The van der Waals surface area contributed by atoms with Gasteiger partial charge in [0.25, 0.3) is 5.91 Å². The maximum absolute atomic E-state index is 13.4. The minimum atomic E-state index is -3.89. The summed E-state index contributed by atoms with van der Waals surface area (Å²) in [6.07, 6.45) is 2.98. The van der Waals surface area contributed by atoms with Gasteiger partial charge in [0.2, 0.25) is 11.8 Å². The lowest BCUT2D eigenvalue weighted by Gasteiger charge is -2.18. The number of thiophene rings is 1. The summed E-state index contributed by atoms with van der Waals surface area (Å²) in [5, 5.41) is 9.94. The molecule has 0 saturated heterocycles. The lowest BCUT2D eigenvalue weighted by Crippen LogP contribution is -2.28. The number of hydrogen-bond acceptors (Lipinski definition) is 7. The molecule has 14 heteroatoms. The van der Waals surface area contributed by atoms with Crippen LogP contribution in [0.2, 0.25) is 0 Å². The fourth-order valence-corrected chi connectivity index (χ4v) is 5.48. The molecule has 0 radical (unpaired) electrons. The van der Waals surface area contributed by atoms with Crippen LogP contribution in [0.1, 0.15) is 46.5 Å². The van der Waals surface area contributed by atoms with Gasteiger partial charge in [0.1, 0.15) is 11.2 Å². The van der Waals surface area contributed by atoms with Crippen LogP contribution in [0, 0.1) is 11.8 Å². The van der Waals surface area contributed by atoms with E-state index >= 15 is 0 Å². The molecule has 2 aromatic heterocycles. The van der Waals surface area contributed by atoms with E-state index in [4.69, 9.17) is 11.6 Å². The van der Waals surface area contributed by atoms with E-state index in [1.807, 2.05) is 0 Å². The Labute approximate surface area is 219 Å². The fourth-order valence-electron chi connectivity index (χ4n) is 4.16. The Balaban J connectivity index is 1.33. The average Bonchev–Trinajstić information content (AvgIpc) is 3.72. The van der Waals surface area contributed by atoms with Crippen molar-refractivity contribution in [1.29, 1.82) is 0 Å². The number of ether oxygens (including phenoxy) is 1. The number of anilines is 1. The highest BCUT2D eigenvalue weighted by atomic mass is 35.5. The number of hydrogen-bond donors (Lipinski definition) is 2. The highest BCUT2D eigenvalue weighted by Gasteiger charge is 2.44. The molecule has 0 aromatic carbocycles. The molecule has 2 heterocycles. The predicted octanol–water partition coefficient (Wildman–Crippen LogP) is 4.45. The Kier molecular flexibility index (Phi) is 7.03. The number of amides is 2. The topological polar surface area (TPSA) is 110 Å². The largest absolute Gasteiger partial charge is 0.488 e. The van der Waals surface area contributed by atoms with Crippen LogP contribution in [0.15, 0.2) is 16.1 Å². The molecule has 198 valence electrons. The summed E-state index contributed by atoms with van der Waals surface area (Å²) in [7, 11) is 1.49. The van der Waals surface area contributed by atoms with Gasteiger partial charge in [0, 0.05) is 36.1 Å². The number of halogens is 4. The van der Waals surface area contributed by atoms with Crippen molar-refractivity contribution in [2.24, 2.45) is 28.9 Å². The molecule has 0 bridgehead atoms. The second kappa shape index (κ2) is 10.1. The minimum Gasteiger partial charge on any atom is -0.400 e. The van der Waals surface area contributed by atoms with Gasteiger partial charge in [0.15, 0.2) is 5.82 Å². The average molecular weight is 557 g/mol. The summed E-state index contributed by atoms with van der Waals surface area (Å²) in [5.74, 6) is -1.06. The van der Waals surface area contributed by atoms with E-state index < -0.39 is 29.4 Å². The molecule has 3 aliphatic carbocycles. The van der Waals surface area contributed by atoms with E-state index in [0.29, 0.717) is 42.3 Å². The third-order valence-corrected chi connectivity index (χ3v) is 7.74. The van der Waals surface area contributed by atoms with Gasteiger partial charge < -0.3 is 15.4 Å². The van der Waals surface area contributed by atoms with Crippen molar-refractivity contribution in [3.8, 4) is 5.88 Å². The highest BCUT2D eigenvalue weighted by Crippen LogP contribution is 2.41. The van der Waals surface area contributed by atoms with Gasteiger partial charge >= 0.3 is 5.57 Å². The van der Waals surface area contributed by atoms with Crippen molar-refractivity contribution in [1.82, 2.24) is 15.1 Å². The number of alkyl halides is 4. The predicted molar refractivity (Wildman–Crippen MR) is 131 cm³/mol.